The molecule has 0 aliphatic carbocycles. The lowest BCUT2D eigenvalue weighted by atomic mass is 10.1. The van der Waals surface area contributed by atoms with E-state index in [1.165, 1.54) is 0 Å². The van der Waals surface area contributed by atoms with Crippen LogP contribution in [0.2, 0.25) is 0 Å². The first kappa shape index (κ1) is 16.3. The number of anilines is 1. The molecule has 0 unspecified atom stereocenters. The third kappa shape index (κ3) is 3.08. The molecule has 0 amide bonds. The van der Waals surface area contributed by atoms with Crippen LogP contribution in [-0.4, -0.2) is 55.7 Å². The van der Waals surface area contributed by atoms with Crippen molar-refractivity contribution in [3.63, 3.8) is 0 Å². The highest BCUT2D eigenvalue weighted by Gasteiger charge is 2.15. The predicted molar refractivity (Wildman–Crippen MR) is 86.0 cm³/mol. The Hall–Kier alpha value is -2.05. The zero-order valence-corrected chi connectivity index (χ0v) is 13.2. The molecule has 6 heteroatoms. The molecule has 22 heavy (non-hydrogen) atoms. The second kappa shape index (κ2) is 7.29. The van der Waals surface area contributed by atoms with Gasteiger partial charge in [-0.25, -0.2) is 4.98 Å². The third-order valence-electron chi connectivity index (χ3n) is 3.57. The molecule has 6 nitrogen and oxygen atoms in total. The first-order valence-corrected chi connectivity index (χ1v) is 7.15. The van der Waals surface area contributed by atoms with Gasteiger partial charge in [-0.2, -0.15) is 0 Å². The van der Waals surface area contributed by atoms with E-state index < -0.39 is 0 Å². The Morgan fingerprint density at radius 1 is 1.05 bits per heavy atom. The molecule has 1 heterocycles. The molecule has 0 saturated carbocycles. The van der Waals surface area contributed by atoms with Gasteiger partial charge in [0.05, 0.1) is 27.4 Å². The molecule has 0 radical (unpaired) electrons. The summed E-state index contributed by atoms with van der Waals surface area (Å²) < 4.78 is 10.8. The van der Waals surface area contributed by atoms with E-state index >= 15 is 0 Å². The number of aryl methyl sites for hydroxylation is 1. The number of rotatable bonds is 7. The van der Waals surface area contributed by atoms with Gasteiger partial charge < -0.3 is 24.6 Å². The molecule has 0 bridgehead atoms. The highest BCUT2D eigenvalue weighted by Crippen LogP contribution is 2.35. The van der Waals surface area contributed by atoms with Crippen molar-refractivity contribution >= 4 is 16.7 Å². The number of hydrogen-bond donors (Lipinski definition) is 2. The van der Waals surface area contributed by atoms with Crippen LogP contribution in [0, 0.1) is 6.92 Å². The highest BCUT2D eigenvalue weighted by atomic mass is 16.5. The van der Waals surface area contributed by atoms with E-state index in [0.29, 0.717) is 30.2 Å². The molecule has 0 fully saturated rings. The third-order valence-corrected chi connectivity index (χ3v) is 3.57. The van der Waals surface area contributed by atoms with Gasteiger partial charge in [0.15, 0.2) is 0 Å². The lowest BCUT2D eigenvalue weighted by Crippen LogP contribution is -2.30. The summed E-state index contributed by atoms with van der Waals surface area (Å²) in [6.45, 7) is 2.78. The second-order valence-corrected chi connectivity index (χ2v) is 4.93. The maximum atomic E-state index is 9.19. The minimum Gasteiger partial charge on any atom is -0.496 e. The number of pyridine rings is 1. The van der Waals surface area contributed by atoms with Gasteiger partial charge >= 0.3 is 0 Å². The van der Waals surface area contributed by atoms with E-state index in [1.54, 1.807) is 14.2 Å². The molecule has 0 atom stereocenters. The van der Waals surface area contributed by atoms with Crippen molar-refractivity contribution < 1.29 is 19.7 Å². The van der Waals surface area contributed by atoms with Gasteiger partial charge in [-0.3, -0.25) is 0 Å². The number of aliphatic hydroxyl groups excluding tert-OH is 2. The Kier molecular flexibility index (Phi) is 5.41. The summed E-state index contributed by atoms with van der Waals surface area (Å²) in [6.07, 6.45) is 0. The van der Waals surface area contributed by atoms with Crippen molar-refractivity contribution in [2.45, 2.75) is 6.92 Å². The fraction of sp³-hybridized carbons (Fsp3) is 0.438. The van der Waals surface area contributed by atoms with E-state index in [4.69, 9.17) is 9.47 Å². The van der Waals surface area contributed by atoms with Crippen LogP contribution in [0.25, 0.3) is 10.9 Å². The monoisotopic (exact) mass is 306 g/mol. The first-order chi connectivity index (χ1) is 10.7. The average Bonchev–Trinajstić information content (AvgIpc) is 2.53. The van der Waals surface area contributed by atoms with Crippen LogP contribution in [0.5, 0.6) is 11.5 Å². The maximum Gasteiger partial charge on any atom is 0.145 e. The minimum atomic E-state index is -0.00594. The van der Waals surface area contributed by atoms with Crippen molar-refractivity contribution in [1.29, 1.82) is 0 Å². The van der Waals surface area contributed by atoms with E-state index in [1.807, 2.05) is 30.0 Å². The summed E-state index contributed by atoms with van der Waals surface area (Å²) in [6, 6.07) is 5.60. The topological polar surface area (TPSA) is 75.1 Å². The molecular formula is C16H22N2O4. The molecule has 120 valence electrons. The Bertz CT molecular complexity index is 640. The smallest absolute Gasteiger partial charge is 0.145 e. The van der Waals surface area contributed by atoms with Crippen LogP contribution in [0.4, 0.5) is 5.82 Å². The molecule has 0 saturated heterocycles. The van der Waals surface area contributed by atoms with Gasteiger partial charge in [-0.05, 0) is 30.7 Å². The summed E-state index contributed by atoms with van der Waals surface area (Å²) in [4.78, 5) is 6.49. The molecule has 0 aliphatic heterocycles. The van der Waals surface area contributed by atoms with Crippen LogP contribution in [0.3, 0.4) is 0 Å². The summed E-state index contributed by atoms with van der Waals surface area (Å²) in [5.74, 6) is 2.09. The fourth-order valence-electron chi connectivity index (χ4n) is 2.54. The number of aromatic nitrogens is 1. The summed E-state index contributed by atoms with van der Waals surface area (Å²) in [5, 5.41) is 19.3. The SMILES string of the molecule is COc1ccc(OC)c2c(C)cc(N(CCO)CCO)nc12. The summed E-state index contributed by atoms with van der Waals surface area (Å²) in [5.41, 5.74) is 1.70. The second-order valence-electron chi connectivity index (χ2n) is 4.93. The number of nitrogens with zero attached hydrogens (tertiary/aromatic N) is 2. The van der Waals surface area contributed by atoms with Crippen LogP contribution >= 0.6 is 0 Å². The van der Waals surface area contributed by atoms with Crippen molar-refractivity contribution in [2.75, 3.05) is 45.4 Å². The van der Waals surface area contributed by atoms with Gasteiger partial charge in [0.2, 0.25) is 0 Å². The molecule has 0 spiro atoms. The van der Waals surface area contributed by atoms with Crippen molar-refractivity contribution in [2.24, 2.45) is 0 Å². The average molecular weight is 306 g/mol. The van der Waals surface area contributed by atoms with Crippen molar-refractivity contribution in [3.8, 4) is 11.5 Å². The number of hydrogen-bond acceptors (Lipinski definition) is 6. The van der Waals surface area contributed by atoms with E-state index in [0.717, 1.165) is 16.7 Å². The quantitative estimate of drug-likeness (QED) is 0.804. The van der Waals surface area contributed by atoms with E-state index in [-0.39, 0.29) is 13.2 Å². The maximum absolute atomic E-state index is 9.19. The summed E-state index contributed by atoms with van der Waals surface area (Å²) >= 11 is 0. The standard InChI is InChI=1S/C16H22N2O4/c1-11-10-14(18(6-8-19)7-9-20)17-16-13(22-3)5-4-12(21-2)15(11)16/h4-5,10,19-20H,6-9H2,1-3H3. The Morgan fingerprint density at radius 3 is 2.18 bits per heavy atom. The number of ether oxygens (including phenoxy) is 2. The first-order valence-electron chi connectivity index (χ1n) is 7.15. The lowest BCUT2D eigenvalue weighted by molar-refractivity contribution is 0.280. The van der Waals surface area contributed by atoms with Crippen LogP contribution in [0.15, 0.2) is 18.2 Å². The highest BCUT2D eigenvalue weighted by molar-refractivity contribution is 5.94. The number of methoxy groups -OCH3 is 2. The Labute approximate surface area is 129 Å². The molecule has 1 aromatic carbocycles. The predicted octanol–water partition coefficient (Wildman–Crippen LogP) is 1.35. The number of benzene rings is 1. The summed E-state index contributed by atoms with van der Waals surface area (Å²) in [7, 11) is 3.22. The van der Waals surface area contributed by atoms with Crippen LogP contribution in [-0.2, 0) is 0 Å². The van der Waals surface area contributed by atoms with Gasteiger partial charge in [0, 0.05) is 18.5 Å². The van der Waals surface area contributed by atoms with Crippen LogP contribution < -0.4 is 14.4 Å². The number of fused-ring (bicyclic) bond motifs is 1. The minimum absolute atomic E-state index is 0.00594. The lowest BCUT2D eigenvalue weighted by Gasteiger charge is -2.23. The molecule has 2 rings (SSSR count). The van der Waals surface area contributed by atoms with Gasteiger partial charge in [-0.15, -0.1) is 0 Å². The molecule has 0 aliphatic rings. The zero-order valence-electron chi connectivity index (χ0n) is 13.2. The van der Waals surface area contributed by atoms with Crippen molar-refractivity contribution in [3.05, 3.63) is 23.8 Å². The van der Waals surface area contributed by atoms with E-state index in [9.17, 15) is 10.2 Å². The fourth-order valence-corrected chi connectivity index (χ4v) is 2.54. The Morgan fingerprint density at radius 2 is 1.64 bits per heavy atom. The molecular weight excluding hydrogens is 284 g/mol. The zero-order chi connectivity index (χ0) is 16.1. The van der Waals surface area contributed by atoms with Gasteiger partial charge in [0.25, 0.3) is 0 Å². The van der Waals surface area contributed by atoms with Gasteiger partial charge in [-0.1, -0.05) is 0 Å². The molecule has 2 N–H and O–H groups in total. The van der Waals surface area contributed by atoms with Crippen molar-refractivity contribution in [1.82, 2.24) is 4.98 Å². The molecule has 1 aromatic heterocycles. The van der Waals surface area contributed by atoms with Crippen LogP contribution in [0.1, 0.15) is 5.56 Å². The van der Waals surface area contributed by atoms with Gasteiger partial charge in [0.1, 0.15) is 22.8 Å². The largest absolute Gasteiger partial charge is 0.496 e. The Balaban J connectivity index is 2.64. The number of aliphatic hydroxyl groups is 2. The van der Waals surface area contributed by atoms with E-state index in [2.05, 4.69) is 4.98 Å². The normalized spacial score (nSPS) is 10.8. The molecule has 2 aromatic rings.